The first-order valence-electron chi connectivity index (χ1n) is 14.7. The number of unbranched alkanes of at least 4 members (excludes halogenated alkanes) is 16. The highest BCUT2D eigenvalue weighted by Crippen LogP contribution is 2.14. The van der Waals surface area contributed by atoms with Crippen molar-refractivity contribution in [3.05, 3.63) is 12.2 Å². The lowest BCUT2D eigenvalue weighted by atomic mass is 10.0. The summed E-state index contributed by atoms with van der Waals surface area (Å²) in [6.45, 7) is 5.33. The molecule has 0 bridgehead atoms. The third kappa shape index (κ3) is 26.9. The Labute approximate surface area is 211 Å². The van der Waals surface area contributed by atoms with Gasteiger partial charge in [-0.1, -0.05) is 122 Å². The lowest BCUT2D eigenvalue weighted by Gasteiger charge is -2.06. The van der Waals surface area contributed by atoms with E-state index in [9.17, 15) is 9.59 Å². The maximum Gasteiger partial charge on any atom is 0.305 e. The minimum absolute atomic E-state index is 0.140. The predicted molar refractivity (Wildman–Crippen MR) is 144 cm³/mol. The van der Waals surface area contributed by atoms with E-state index in [0.29, 0.717) is 38.9 Å². The van der Waals surface area contributed by atoms with Crippen LogP contribution in [-0.4, -0.2) is 25.2 Å². The van der Waals surface area contributed by atoms with Crippen LogP contribution in [0.15, 0.2) is 12.2 Å². The Morgan fingerprint density at radius 3 is 1.35 bits per heavy atom. The van der Waals surface area contributed by atoms with Crippen LogP contribution >= 0.6 is 0 Å². The second-order valence-corrected chi connectivity index (χ2v) is 9.62. The van der Waals surface area contributed by atoms with E-state index >= 15 is 0 Å². The summed E-state index contributed by atoms with van der Waals surface area (Å²) in [7, 11) is 0. The van der Waals surface area contributed by atoms with E-state index in [0.717, 1.165) is 25.7 Å². The van der Waals surface area contributed by atoms with E-state index in [1.165, 1.54) is 89.9 Å². The van der Waals surface area contributed by atoms with Crippen LogP contribution < -0.4 is 0 Å². The number of ether oxygens (including phenoxy) is 2. The summed E-state index contributed by atoms with van der Waals surface area (Å²) in [6.07, 6.45) is 29.5. The Kier molecular flexibility index (Phi) is 26.8. The largest absolute Gasteiger partial charge is 0.466 e. The number of hydrogen-bond donors (Lipinski definition) is 0. The summed E-state index contributed by atoms with van der Waals surface area (Å²) < 4.78 is 10.5. The molecule has 0 rings (SSSR count). The lowest BCUT2D eigenvalue weighted by Crippen LogP contribution is -2.07. The molecule has 0 spiro atoms. The first kappa shape index (κ1) is 32.7. The molecular formula is C30H56O4. The Bertz CT molecular complexity index is 472. The van der Waals surface area contributed by atoms with Crippen molar-refractivity contribution in [2.45, 2.75) is 155 Å². The van der Waals surface area contributed by atoms with E-state index in [-0.39, 0.29) is 11.9 Å². The van der Waals surface area contributed by atoms with Gasteiger partial charge in [0.15, 0.2) is 0 Å². The van der Waals surface area contributed by atoms with Gasteiger partial charge in [0, 0.05) is 12.8 Å². The van der Waals surface area contributed by atoms with Crippen LogP contribution in [0.4, 0.5) is 0 Å². The summed E-state index contributed by atoms with van der Waals surface area (Å²) in [5.74, 6) is -0.314. The van der Waals surface area contributed by atoms with Crippen molar-refractivity contribution < 1.29 is 19.1 Å². The molecule has 0 atom stereocenters. The lowest BCUT2D eigenvalue weighted by molar-refractivity contribution is -0.145. The third-order valence-electron chi connectivity index (χ3n) is 6.22. The molecule has 0 saturated heterocycles. The molecule has 34 heavy (non-hydrogen) atoms. The van der Waals surface area contributed by atoms with Crippen LogP contribution in [0.3, 0.4) is 0 Å². The third-order valence-corrected chi connectivity index (χ3v) is 6.22. The molecule has 0 aliphatic carbocycles. The van der Waals surface area contributed by atoms with Gasteiger partial charge in [0.05, 0.1) is 13.2 Å². The number of rotatable bonds is 26. The number of carbonyl (C=O) groups is 2. The average molecular weight is 481 g/mol. The number of carbonyl (C=O) groups excluding carboxylic acids is 2. The minimum Gasteiger partial charge on any atom is -0.466 e. The van der Waals surface area contributed by atoms with Crippen LogP contribution in [-0.2, 0) is 19.1 Å². The summed E-state index contributed by atoms with van der Waals surface area (Å²) in [5, 5.41) is 0. The molecule has 200 valence electrons. The number of allylic oxidation sites excluding steroid dienone is 1. The zero-order valence-electron chi connectivity index (χ0n) is 22.8. The molecule has 0 radical (unpaired) electrons. The van der Waals surface area contributed by atoms with Crippen LogP contribution in [0.5, 0.6) is 0 Å². The molecule has 0 heterocycles. The van der Waals surface area contributed by atoms with E-state index in [4.69, 9.17) is 9.47 Å². The van der Waals surface area contributed by atoms with E-state index in [1.807, 2.05) is 6.08 Å². The molecule has 0 saturated carbocycles. The van der Waals surface area contributed by atoms with Crippen LogP contribution in [0, 0.1) is 0 Å². The highest BCUT2D eigenvalue weighted by Gasteiger charge is 2.06. The van der Waals surface area contributed by atoms with Crippen molar-refractivity contribution in [1.82, 2.24) is 0 Å². The van der Waals surface area contributed by atoms with Crippen LogP contribution in [0.25, 0.3) is 0 Å². The number of hydrogen-bond acceptors (Lipinski definition) is 4. The van der Waals surface area contributed by atoms with Gasteiger partial charge in [-0.15, -0.1) is 0 Å². The molecule has 0 N–H and O–H groups in total. The molecule has 0 unspecified atom stereocenters. The van der Waals surface area contributed by atoms with Gasteiger partial charge >= 0.3 is 11.9 Å². The quantitative estimate of drug-likeness (QED) is 0.0703. The zero-order valence-corrected chi connectivity index (χ0v) is 22.8. The summed E-state index contributed by atoms with van der Waals surface area (Å²) in [4.78, 5) is 23.4. The summed E-state index contributed by atoms with van der Waals surface area (Å²) in [5.41, 5.74) is 0. The van der Waals surface area contributed by atoms with Crippen LogP contribution in [0.2, 0.25) is 0 Å². The Balaban J connectivity index is 3.25. The fourth-order valence-electron chi connectivity index (χ4n) is 4.04. The number of esters is 2. The molecule has 0 amide bonds. The van der Waals surface area contributed by atoms with Crippen molar-refractivity contribution >= 4 is 11.9 Å². The smallest absolute Gasteiger partial charge is 0.305 e. The van der Waals surface area contributed by atoms with Gasteiger partial charge < -0.3 is 9.47 Å². The van der Waals surface area contributed by atoms with Gasteiger partial charge in [-0.2, -0.15) is 0 Å². The minimum atomic E-state index is -0.175. The van der Waals surface area contributed by atoms with Crippen molar-refractivity contribution in [3.8, 4) is 0 Å². The SMILES string of the molecule is CC/C=C/CCOC(=O)CCCCC(=O)OCCCCCCCCCCCCCCCCCC. The molecule has 4 heteroatoms. The molecular weight excluding hydrogens is 424 g/mol. The van der Waals surface area contributed by atoms with E-state index in [1.54, 1.807) is 0 Å². The maximum atomic E-state index is 11.8. The molecule has 0 aliphatic heterocycles. The summed E-state index contributed by atoms with van der Waals surface area (Å²) in [6, 6.07) is 0. The first-order valence-corrected chi connectivity index (χ1v) is 14.7. The second kappa shape index (κ2) is 27.9. The fraction of sp³-hybridized carbons (Fsp3) is 0.867. The maximum absolute atomic E-state index is 11.8. The van der Waals surface area contributed by atoms with Gasteiger partial charge in [-0.05, 0) is 32.1 Å². The topological polar surface area (TPSA) is 52.6 Å². The Morgan fingerprint density at radius 2 is 0.912 bits per heavy atom. The van der Waals surface area contributed by atoms with Gasteiger partial charge in [-0.3, -0.25) is 9.59 Å². The monoisotopic (exact) mass is 480 g/mol. The van der Waals surface area contributed by atoms with Crippen molar-refractivity contribution in [2.24, 2.45) is 0 Å². The van der Waals surface area contributed by atoms with Gasteiger partial charge in [-0.25, -0.2) is 0 Å². The fourth-order valence-corrected chi connectivity index (χ4v) is 4.04. The first-order chi connectivity index (χ1) is 16.7. The average Bonchev–Trinajstić information content (AvgIpc) is 2.83. The van der Waals surface area contributed by atoms with E-state index < -0.39 is 0 Å². The zero-order chi connectivity index (χ0) is 25.0. The second-order valence-electron chi connectivity index (χ2n) is 9.62. The molecule has 0 aromatic heterocycles. The van der Waals surface area contributed by atoms with Gasteiger partial charge in [0.2, 0.25) is 0 Å². The normalized spacial score (nSPS) is 11.2. The van der Waals surface area contributed by atoms with Gasteiger partial charge in [0.1, 0.15) is 0 Å². The van der Waals surface area contributed by atoms with Crippen LogP contribution in [0.1, 0.15) is 155 Å². The molecule has 0 aromatic rings. The van der Waals surface area contributed by atoms with Crippen molar-refractivity contribution in [1.29, 1.82) is 0 Å². The molecule has 0 aromatic carbocycles. The van der Waals surface area contributed by atoms with Gasteiger partial charge in [0.25, 0.3) is 0 Å². The standard InChI is InChI=1S/C30H56O4/c1-3-5-7-9-10-11-12-13-14-15-16-17-18-19-20-24-28-34-30(32)26-22-21-25-29(31)33-27-23-8-6-4-2/h6,8H,3-5,7,9-28H2,1-2H3/b8-6+. The Hall–Kier alpha value is -1.32. The highest BCUT2D eigenvalue weighted by molar-refractivity contribution is 5.70. The predicted octanol–water partition coefficient (Wildman–Crippen LogP) is 9.25. The highest BCUT2D eigenvalue weighted by atomic mass is 16.5. The van der Waals surface area contributed by atoms with Crippen molar-refractivity contribution in [3.63, 3.8) is 0 Å². The Morgan fingerprint density at radius 1 is 0.500 bits per heavy atom. The summed E-state index contributed by atoms with van der Waals surface area (Å²) >= 11 is 0. The molecule has 0 fully saturated rings. The molecule has 0 aliphatic rings. The van der Waals surface area contributed by atoms with Crippen molar-refractivity contribution in [2.75, 3.05) is 13.2 Å². The molecule has 4 nitrogen and oxygen atoms in total. The van der Waals surface area contributed by atoms with E-state index in [2.05, 4.69) is 19.9 Å².